The number of hydrogen-bond acceptors (Lipinski definition) is 8. The van der Waals surface area contributed by atoms with Crippen molar-refractivity contribution in [3.8, 4) is 5.75 Å². The summed E-state index contributed by atoms with van der Waals surface area (Å²) in [5, 5.41) is 22.9. The first-order valence-electron chi connectivity index (χ1n) is 9.71. The molecule has 11 heteroatoms. The molecule has 2 aromatic carbocycles. The number of esters is 1. The number of likely N-dealkylation sites (tertiary alicyclic amines) is 1. The highest BCUT2D eigenvalue weighted by Gasteiger charge is 2.40. The number of nitro benzene ring substituents is 1. The second kappa shape index (κ2) is 10.4. The van der Waals surface area contributed by atoms with Crippen LogP contribution in [-0.2, 0) is 20.9 Å². The van der Waals surface area contributed by atoms with Crippen LogP contribution in [-0.4, -0.2) is 58.1 Å². The van der Waals surface area contributed by atoms with Gasteiger partial charge in [0.1, 0.15) is 24.9 Å². The lowest BCUT2D eigenvalue weighted by molar-refractivity contribution is -0.384. The van der Waals surface area contributed by atoms with E-state index in [0.717, 1.165) is 10.5 Å². The molecule has 2 unspecified atom stereocenters. The molecule has 0 aliphatic carbocycles. The lowest BCUT2D eigenvalue weighted by atomic mass is 10.2. The lowest BCUT2D eigenvalue weighted by Crippen LogP contribution is -2.47. The number of rotatable bonds is 7. The van der Waals surface area contributed by atoms with Gasteiger partial charge in [-0.2, -0.15) is 0 Å². The largest absolute Gasteiger partial charge is 0.445 e. The van der Waals surface area contributed by atoms with E-state index in [2.05, 4.69) is 5.32 Å². The fourth-order valence-corrected chi connectivity index (χ4v) is 3.15. The summed E-state index contributed by atoms with van der Waals surface area (Å²) in [4.78, 5) is 48.0. The van der Waals surface area contributed by atoms with Gasteiger partial charge in [0.2, 0.25) is 5.91 Å². The Morgan fingerprint density at radius 1 is 1.12 bits per heavy atom. The summed E-state index contributed by atoms with van der Waals surface area (Å²) >= 11 is 0. The molecule has 168 valence electrons. The van der Waals surface area contributed by atoms with Crippen molar-refractivity contribution in [3.05, 3.63) is 70.3 Å². The fraction of sp³-hybridized carbons (Fsp3) is 0.286. The average Bonchev–Trinajstić information content (AvgIpc) is 3.19. The molecular formula is C21H21N3O8. The van der Waals surface area contributed by atoms with Crippen molar-refractivity contribution < 1.29 is 33.9 Å². The summed E-state index contributed by atoms with van der Waals surface area (Å²) < 4.78 is 10.2. The number of nitrogens with one attached hydrogen (secondary N) is 1. The van der Waals surface area contributed by atoms with Gasteiger partial charge in [-0.05, 0) is 17.7 Å². The lowest BCUT2D eigenvalue weighted by Gasteiger charge is -2.22. The smallest absolute Gasteiger partial charge is 0.410 e. The van der Waals surface area contributed by atoms with E-state index < -0.39 is 41.6 Å². The molecule has 1 saturated heterocycles. The van der Waals surface area contributed by atoms with Crippen molar-refractivity contribution in [3.63, 3.8) is 0 Å². The third kappa shape index (κ3) is 6.01. The molecule has 0 bridgehead atoms. The Kier molecular flexibility index (Phi) is 7.34. The van der Waals surface area contributed by atoms with E-state index >= 15 is 0 Å². The van der Waals surface area contributed by atoms with Crippen molar-refractivity contribution in [1.82, 2.24) is 10.2 Å². The Balaban J connectivity index is 1.50. The van der Waals surface area contributed by atoms with E-state index in [9.17, 15) is 29.6 Å². The van der Waals surface area contributed by atoms with Gasteiger partial charge in [0.25, 0.3) is 5.69 Å². The van der Waals surface area contributed by atoms with E-state index in [1.165, 1.54) is 24.3 Å². The SMILES string of the molecule is O=C(CNC(=O)C1CC(O)CN1C(=O)OCc1ccccc1)Oc1ccc([N+](=O)[O-])cc1. The molecule has 3 rings (SSSR count). The normalized spacial score (nSPS) is 17.5. The molecule has 0 spiro atoms. The van der Waals surface area contributed by atoms with E-state index in [4.69, 9.17) is 9.47 Å². The predicted molar refractivity (Wildman–Crippen MR) is 109 cm³/mol. The first kappa shape index (κ1) is 22.7. The van der Waals surface area contributed by atoms with Gasteiger partial charge in [0.05, 0.1) is 17.6 Å². The molecule has 0 aromatic heterocycles. The van der Waals surface area contributed by atoms with E-state index in [1.54, 1.807) is 24.3 Å². The third-order valence-corrected chi connectivity index (χ3v) is 4.71. The van der Waals surface area contributed by atoms with Crippen molar-refractivity contribution in [2.75, 3.05) is 13.1 Å². The molecule has 11 nitrogen and oxygen atoms in total. The second-order valence-corrected chi connectivity index (χ2v) is 7.04. The van der Waals surface area contributed by atoms with Crippen LogP contribution in [0.15, 0.2) is 54.6 Å². The number of aliphatic hydroxyl groups is 1. The van der Waals surface area contributed by atoms with Gasteiger partial charge in [-0.3, -0.25) is 19.8 Å². The summed E-state index contributed by atoms with van der Waals surface area (Å²) in [6, 6.07) is 12.9. The number of carbonyl (C=O) groups is 3. The molecule has 2 N–H and O–H groups in total. The van der Waals surface area contributed by atoms with Crippen LogP contribution < -0.4 is 10.1 Å². The second-order valence-electron chi connectivity index (χ2n) is 7.04. The molecule has 2 aromatic rings. The number of β-amino-alcohol motifs (C(OH)–C–C–N with tert-alkyl or cyclic N) is 1. The Morgan fingerprint density at radius 2 is 1.81 bits per heavy atom. The highest BCUT2D eigenvalue weighted by Crippen LogP contribution is 2.20. The number of benzene rings is 2. The van der Waals surface area contributed by atoms with Crippen LogP contribution in [0, 0.1) is 10.1 Å². The number of ether oxygens (including phenoxy) is 2. The summed E-state index contributed by atoms with van der Waals surface area (Å²) in [5.41, 5.74) is 0.618. The summed E-state index contributed by atoms with van der Waals surface area (Å²) in [7, 11) is 0. The topological polar surface area (TPSA) is 148 Å². The van der Waals surface area contributed by atoms with Gasteiger partial charge in [-0.1, -0.05) is 30.3 Å². The number of nitrogens with zero attached hydrogens (tertiary/aromatic N) is 2. The molecule has 1 fully saturated rings. The minimum atomic E-state index is -1.000. The maximum Gasteiger partial charge on any atom is 0.410 e. The number of non-ortho nitro benzene ring substituents is 1. The maximum absolute atomic E-state index is 12.5. The summed E-state index contributed by atoms with van der Waals surface area (Å²) in [5.74, 6) is -1.36. The standard InChI is InChI=1S/C21H21N3O8/c25-16-10-18(23(12-16)21(28)31-13-14-4-2-1-3-5-14)20(27)22-11-19(26)32-17-8-6-15(7-9-17)24(29)30/h1-9,16,18,25H,10-13H2,(H,22,27). The van der Waals surface area contributed by atoms with Crippen molar-refractivity contribution in [1.29, 1.82) is 0 Å². The Labute approximate surface area is 182 Å². The zero-order valence-electron chi connectivity index (χ0n) is 16.9. The summed E-state index contributed by atoms with van der Waals surface area (Å²) in [6.07, 6.45) is -1.65. The molecule has 0 radical (unpaired) electrons. The fourth-order valence-electron chi connectivity index (χ4n) is 3.15. The molecule has 2 amide bonds. The molecule has 0 saturated carbocycles. The van der Waals surface area contributed by atoms with Crippen LogP contribution in [0.3, 0.4) is 0 Å². The van der Waals surface area contributed by atoms with Crippen LogP contribution in [0.4, 0.5) is 10.5 Å². The number of amides is 2. The average molecular weight is 443 g/mol. The van der Waals surface area contributed by atoms with Crippen LogP contribution in [0.2, 0.25) is 0 Å². The van der Waals surface area contributed by atoms with E-state index in [0.29, 0.717) is 0 Å². The molecular weight excluding hydrogens is 422 g/mol. The first-order chi connectivity index (χ1) is 15.3. The van der Waals surface area contributed by atoms with Crippen LogP contribution in [0.1, 0.15) is 12.0 Å². The quantitative estimate of drug-likeness (QED) is 0.282. The third-order valence-electron chi connectivity index (χ3n) is 4.71. The van der Waals surface area contributed by atoms with Crippen molar-refractivity contribution in [2.45, 2.75) is 25.2 Å². The van der Waals surface area contributed by atoms with Gasteiger partial charge in [-0.15, -0.1) is 0 Å². The predicted octanol–water partition coefficient (Wildman–Crippen LogP) is 1.39. The maximum atomic E-state index is 12.5. The number of hydrogen-bond donors (Lipinski definition) is 2. The molecule has 1 aliphatic heterocycles. The minimum absolute atomic E-state index is 0.00364. The molecule has 32 heavy (non-hydrogen) atoms. The minimum Gasteiger partial charge on any atom is -0.445 e. The summed E-state index contributed by atoms with van der Waals surface area (Å²) in [6.45, 7) is -0.545. The van der Waals surface area contributed by atoms with Gasteiger partial charge in [0.15, 0.2) is 0 Å². The zero-order valence-corrected chi connectivity index (χ0v) is 16.9. The zero-order chi connectivity index (χ0) is 23.1. The molecule has 2 atom stereocenters. The Bertz CT molecular complexity index is 980. The van der Waals surface area contributed by atoms with Gasteiger partial charge in [-0.25, -0.2) is 9.59 Å². The van der Waals surface area contributed by atoms with Crippen LogP contribution >= 0.6 is 0 Å². The first-order valence-corrected chi connectivity index (χ1v) is 9.71. The van der Waals surface area contributed by atoms with Gasteiger partial charge in [0, 0.05) is 18.6 Å². The highest BCUT2D eigenvalue weighted by atomic mass is 16.6. The molecule has 1 aliphatic rings. The molecule has 1 heterocycles. The number of aliphatic hydroxyl groups excluding tert-OH is 1. The van der Waals surface area contributed by atoms with Crippen molar-refractivity contribution in [2.24, 2.45) is 0 Å². The van der Waals surface area contributed by atoms with Crippen molar-refractivity contribution >= 4 is 23.7 Å². The highest BCUT2D eigenvalue weighted by molar-refractivity contribution is 5.89. The Morgan fingerprint density at radius 3 is 2.47 bits per heavy atom. The van der Waals surface area contributed by atoms with Crippen LogP contribution in [0.5, 0.6) is 5.75 Å². The van der Waals surface area contributed by atoms with Crippen LogP contribution in [0.25, 0.3) is 0 Å². The monoisotopic (exact) mass is 443 g/mol. The van der Waals surface area contributed by atoms with Gasteiger partial charge >= 0.3 is 12.1 Å². The van der Waals surface area contributed by atoms with Gasteiger partial charge < -0.3 is 19.9 Å². The van der Waals surface area contributed by atoms with E-state index in [-0.39, 0.29) is 31.0 Å². The Hall–Kier alpha value is -3.99. The number of nitro groups is 1. The number of carbonyl (C=O) groups excluding carboxylic acids is 3. The van der Waals surface area contributed by atoms with E-state index in [1.807, 2.05) is 6.07 Å².